The molecule has 0 spiro atoms. The maximum absolute atomic E-state index is 11.3. The molecule has 1 heterocycles. The van der Waals surface area contributed by atoms with Crippen molar-refractivity contribution in [3.63, 3.8) is 0 Å². The van der Waals surface area contributed by atoms with Crippen LogP contribution in [0.4, 0.5) is 0 Å². The SMILES string of the molecule is CCN1CCCC1CN(C)C(=O)C(N)=O. The van der Waals surface area contributed by atoms with Crippen LogP contribution in [0, 0.1) is 0 Å². The van der Waals surface area contributed by atoms with E-state index < -0.39 is 11.8 Å². The second kappa shape index (κ2) is 5.11. The van der Waals surface area contributed by atoms with Crippen LogP contribution in [0.25, 0.3) is 0 Å². The van der Waals surface area contributed by atoms with Crippen molar-refractivity contribution >= 4 is 11.8 Å². The van der Waals surface area contributed by atoms with Crippen molar-refractivity contribution in [2.24, 2.45) is 5.73 Å². The van der Waals surface area contributed by atoms with E-state index in [-0.39, 0.29) is 0 Å². The fraction of sp³-hybridized carbons (Fsp3) is 0.800. The average Bonchev–Trinajstić information content (AvgIpc) is 2.63. The summed E-state index contributed by atoms with van der Waals surface area (Å²) >= 11 is 0. The molecule has 1 saturated heterocycles. The standard InChI is InChI=1S/C10H19N3O2/c1-3-13-6-4-5-8(13)7-12(2)10(15)9(11)14/h8H,3-7H2,1-2H3,(H2,11,14). The van der Waals surface area contributed by atoms with Crippen LogP contribution >= 0.6 is 0 Å². The normalized spacial score (nSPS) is 21.6. The molecule has 1 fully saturated rings. The van der Waals surface area contributed by atoms with Gasteiger partial charge in [0.1, 0.15) is 0 Å². The van der Waals surface area contributed by atoms with Gasteiger partial charge in [-0.3, -0.25) is 14.5 Å². The third-order valence-electron chi connectivity index (χ3n) is 2.95. The van der Waals surface area contributed by atoms with Crippen molar-refractivity contribution in [1.82, 2.24) is 9.80 Å². The monoisotopic (exact) mass is 213 g/mol. The Bertz CT molecular complexity index is 255. The quantitative estimate of drug-likeness (QED) is 0.637. The minimum absolute atomic E-state index is 0.378. The number of carbonyl (C=O) groups excluding carboxylic acids is 2. The molecule has 0 aromatic rings. The second-order valence-electron chi connectivity index (χ2n) is 3.97. The van der Waals surface area contributed by atoms with Gasteiger partial charge in [0.25, 0.3) is 0 Å². The summed E-state index contributed by atoms with van der Waals surface area (Å²) in [5, 5.41) is 0. The van der Waals surface area contributed by atoms with Gasteiger partial charge >= 0.3 is 11.8 Å². The van der Waals surface area contributed by atoms with Crippen molar-refractivity contribution in [2.45, 2.75) is 25.8 Å². The maximum atomic E-state index is 11.3. The zero-order valence-electron chi connectivity index (χ0n) is 9.40. The highest BCUT2D eigenvalue weighted by atomic mass is 16.2. The molecule has 5 nitrogen and oxygen atoms in total. The molecular formula is C10H19N3O2. The lowest BCUT2D eigenvalue weighted by atomic mass is 10.2. The largest absolute Gasteiger partial charge is 0.361 e. The number of likely N-dealkylation sites (N-methyl/N-ethyl adjacent to an activating group) is 2. The maximum Gasteiger partial charge on any atom is 0.311 e. The van der Waals surface area contributed by atoms with Crippen LogP contribution in [-0.4, -0.2) is 54.3 Å². The van der Waals surface area contributed by atoms with Gasteiger partial charge in [0, 0.05) is 19.6 Å². The Kier molecular flexibility index (Phi) is 4.08. The van der Waals surface area contributed by atoms with Crippen molar-refractivity contribution in [1.29, 1.82) is 0 Å². The minimum atomic E-state index is -0.876. The Balaban J connectivity index is 2.47. The van der Waals surface area contributed by atoms with Crippen LogP contribution in [0.3, 0.4) is 0 Å². The Labute approximate surface area is 90.2 Å². The Hall–Kier alpha value is -1.10. The number of rotatable bonds is 3. The summed E-state index contributed by atoms with van der Waals surface area (Å²) < 4.78 is 0. The molecular weight excluding hydrogens is 194 g/mol. The van der Waals surface area contributed by atoms with Gasteiger partial charge in [0.15, 0.2) is 0 Å². The van der Waals surface area contributed by atoms with Gasteiger partial charge < -0.3 is 10.6 Å². The van der Waals surface area contributed by atoms with Gasteiger partial charge in [0.2, 0.25) is 0 Å². The fourth-order valence-electron chi connectivity index (χ4n) is 2.11. The van der Waals surface area contributed by atoms with Crippen molar-refractivity contribution in [3.05, 3.63) is 0 Å². The zero-order chi connectivity index (χ0) is 11.4. The van der Waals surface area contributed by atoms with Crippen LogP contribution in [0.15, 0.2) is 0 Å². The third-order valence-corrected chi connectivity index (χ3v) is 2.95. The van der Waals surface area contributed by atoms with Gasteiger partial charge in [-0.15, -0.1) is 0 Å². The van der Waals surface area contributed by atoms with E-state index in [4.69, 9.17) is 5.73 Å². The molecule has 1 aliphatic rings. The molecule has 0 bridgehead atoms. The van der Waals surface area contributed by atoms with Gasteiger partial charge in [-0.05, 0) is 25.9 Å². The summed E-state index contributed by atoms with van der Waals surface area (Å²) in [6, 6.07) is 0.378. The number of nitrogens with zero attached hydrogens (tertiary/aromatic N) is 2. The summed E-state index contributed by atoms with van der Waals surface area (Å²) in [5.74, 6) is -1.48. The number of amides is 2. The first-order chi connectivity index (χ1) is 7.06. The van der Waals surface area contributed by atoms with Crippen molar-refractivity contribution < 1.29 is 9.59 Å². The summed E-state index contributed by atoms with van der Waals surface area (Å²) in [5.41, 5.74) is 4.93. The number of hydrogen-bond donors (Lipinski definition) is 1. The zero-order valence-corrected chi connectivity index (χ0v) is 9.40. The lowest BCUT2D eigenvalue weighted by Crippen LogP contribution is -2.45. The third kappa shape index (κ3) is 2.92. The number of nitrogens with two attached hydrogens (primary N) is 1. The molecule has 1 aliphatic heterocycles. The van der Waals surface area contributed by atoms with E-state index in [9.17, 15) is 9.59 Å². The van der Waals surface area contributed by atoms with E-state index in [0.29, 0.717) is 12.6 Å². The number of carbonyl (C=O) groups is 2. The molecule has 0 saturated carbocycles. The smallest absolute Gasteiger partial charge is 0.311 e. The van der Waals surface area contributed by atoms with E-state index in [0.717, 1.165) is 25.9 Å². The Morgan fingerprint density at radius 2 is 2.20 bits per heavy atom. The molecule has 0 aromatic heterocycles. The highest BCUT2D eigenvalue weighted by Crippen LogP contribution is 2.17. The molecule has 1 rings (SSSR count). The van der Waals surface area contributed by atoms with E-state index in [1.807, 2.05) is 0 Å². The van der Waals surface area contributed by atoms with Gasteiger partial charge in [-0.2, -0.15) is 0 Å². The highest BCUT2D eigenvalue weighted by Gasteiger charge is 2.26. The first-order valence-electron chi connectivity index (χ1n) is 5.35. The Morgan fingerprint density at radius 3 is 2.73 bits per heavy atom. The van der Waals surface area contributed by atoms with Gasteiger partial charge in [-0.1, -0.05) is 6.92 Å². The predicted molar refractivity (Wildman–Crippen MR) is 57.1 cm³/mol. The number of likely N-dealkylation sites (tertiary alicyclic amines) is 1. The molecule has 1 atom stereocenters. The lowest BCUT2D eigenvalue weighted by Gasteiger charge is -2.26. The summed E-state index contributed by atoms with van der Waals surface area (Å²) in [6.45, 7) is 4.77. The van der Waals surface area contributed by atoms with Gasteiger partial charge in [-0.25, -0.2) is 0 Å². The molecule has 0 radical (unpaired) electrons. The lowest BCUT2D eigenvalue weighted by molar-refractivity contribution is -0.143. The van der Waals surface area contributed by atoms with E-state index >= 15 is 0 Å². The van der Waals surface area contributed by atoms with Crippen LogP contribution in [-0.2, 0) is 9.59 Å². The second-order valence-corrected chi connectivity index (χ2v) is 3.97. The van der Waals surface area contributed by atoms with E-state index in [1.165, 1.54) is 4.90 Å². The average molecular weight is 213 g/mol. The van der Waals surface area contributed by atoms with Crippen molar-refractivity contribution in [2.75, 3.05) is 26.7 Å². The molecule has 15 heavy (non-hydrogen) atoms. The first-order valence-corrected chi connectivity index (χ1v) is 5.35. The highest BCUT2D eigenvalue weighted by molar-refractivity contribution is 6.34. The minimum Gasteiger partial charge on any atom is -0.361 e. The van der Waals surface area contributed by atoms with Crippen LogP contribution in [0.5, 0.6) is 0 Å². The Morgan fingerprint density at radius 1 is 1.53 bits per heavy atom. The predicted octanol–water partition coefficient (Wildman–Crippen LogP) is -0.586. The summed E-state index contributed by atoms with van der Waals surface area (Å²) in [4.78, 5) is 25.7. The topological polar surface area (TPSA) is 66.6 Å². The summed E-state index contributed by atoms with van der Waals surface area (Å²) in [7, 11) is 1.62. The molecule has 2 amide bonds. The molecule has 5 heteroatoms. The molecule has 2 N–H and O–H groups in total. The van der Waals surface area contributed by atoms with Crippen LogP contribution in [0.2, 0.25) is 0 Å². The van der Waals surface area contributed by atoms with E-state index in [1.54, 1.807) is 7.05 Å². The molecule has 0 aromatic carbocycles. The van der Waals surface area contributed by atoms with Crippen molar-refractivity contribution in [3.8, 4) is 0 Å². The molecule has 1 unspecified atom stereocenters. The summed E-state index contributed by atoms with van der Waals surface area (Å²) in [6.07, 6.45) is 2.25. The van der Waals surface area contributed by atoms with Crippen LogP contribution < -0.4 is 5.73 Å². The fourth-order valence-corrected chi connectivity index (χ4v) is 2.11. The van der Waals surface area contributed by atoms with Crippen LogP contribution in [0.1, 0.15) is 19.8 Å². The first kappa shape index (κ1) is 12.0. The number of primary amides is 1. The molecule has 86 valence electrons. The van der Waals surface area contributed by atoms with Gasteiger partial charge in [0.05, 0.1) is 0 Å². The number of hydrogen-bond acceptors (Lipinski definition) is 3. The molecule has 0 aliphatic carbocycles. The van der Waals surface area contributed by atoms with E-state index in [2.05, 4.69) is 11.8 Å².